The van der Waals surface area contributed by atoms with E-state index in [9.17, 15) is 0 Å². The Morgan fingerprint density at radius 3 is 2.58 bits per heavy atom. The highest BCUT2D eigenvalue weighted by Crippen LogP contribution is 2.42. The van der Waals surface area contributed by atoms with Crippen LogP contribution in [0.25, 0.3) is 0 Å². The minimum Gasteiger partial charge on any atom is -0.486 e. The Balaban J connectivity index is 1.91. The summed E-state index contributed by atoms with van der Waals surface area (Å²) < 4.78 is 16.6. The average molecular weight is 264 g/mol. The van der Waals surface area contributed by atoms with Gasteiger partial charge in [0.1, 0.15) is 13.2 Å². The molecule has 0 spiro atoms. The highest BCUT2D eigenvalue weighted by Gasteiger charge is 2.45. The Hall–Kier alpha value is -1.30. The number of benzene rings is 1. The maximum absolute atomic E-state index is 5.94. The summed E-state index contributed by atoms with van der Waals surface area (Å²) in [4.78, 5) is 0. The van der Waals surface area contributed by atoms with E-state index in [-0.39, 0.29) is 11.5 Å². The van der Waals surface area contributed by atoms with Crippen LogP contribution in [0.2, 0.25) is 0 Å². The van der Waals surface area contributed by atoms with Crippen LogP contribution in [0, 0.1) is 5.41 Å². The molecule has 1 aromatic carbocycles. The van der Waals surface area contributed by atoms with Crippen molar-refractivity contribution in [3.63, 3.8) is 0 Å². The summed E-state index contributed by atoms with van der Waals surface area (Å²) in [7, 11) is 1.96. The summed E-state index contributed by atoms with van der Waals surface area (Å²) in [6.07, 6.45) is 0. The normalized spacial score (nSPS) is 21.6. The lowest BCUT2D eigenvalue weighted by molar-refractivity contribution is -0.126. The zero-order valence-electron chi connectivity index (χ0n) is 11.1. The van der Waals surface area contributed by atoms with Crippen molar-refractivity contribution in [3.8, 4) is 11.5 Å². The minimum atomic E-state index is -0.0154. The van der Waals surface area contributed by atoms with E-state index in [1.54, 1.807) is 0 Å². The number of nitrogens with two attached hydrogens (primary N) is 1. The first-order valence-electron chi connectivity index (χ1n) is 6.64. The third-order valence-electron chi connectivity index (χ3n) is 3.99. The lowest BCUT2D eigenvalue weighted by Gasteiger charge is -2.46. The topological polar surface area (TPSA) is 65.7 Å². The van der Waals surface area contributed by atoms with E-state index in [1.165, 1.54) is 5.56 Å². The maximum atomic E-state index is 5.94. The molecule has 2 aliphatic rings. The fourth-order valence-corrected chi connectivity index (χ4v) is 2.83. The van der Waals surface area contributed by atoms with Crippen molar-refractivity contribution in [3.05, 3.63) is 23.8 Å². The van der Waals surface area contributed by atoms with Crippen molar-refractivity contribution in [2.24, 2.45) is 11.1 Å². The van der Waals surface area contributed by atoms with Crippen molar-refractivity contribution in [1.29, 1.82) is 0 Å². The van der Waals surface area contributed by atoms with E-state index in [0.717, 1.165) is 11.5 Å². The van der Waals surface area contributed by atoms with Gasteiger partial charge < -0.3 is 25.3 Å². The highest BCUT2D eigenvalue weighted by atomic mass is 16.6. The van der Waals surface area contributed by atoms with E-state index < -0.39 is 0 Å². The lowest BCUT2D eigenvalue weighted by atomic mass is 9.75. The van der Waals surface area contributed by atoms with Crippen LogP contribution in [0.3, 0.4) is 0 Å². The predicted molar refractivity (Wildman–Crippen MR) is 71.5 cm³/mol. The second-order valence-electron chi connectivity index (χ2n) is 5.18. The van der Waals surface area contributed by atoms with E-state index in [4.69, 9.17) is 19.9 Å². The van der Waals surface area contributed by atoms with Crippen LogP contribution in [-0.4, -0.2) is 40.0 Å². The van der Waals surface area contributed by atoms with Gasteiger partial charge in [0.25, 0.3) is 0 Å². The molecule has 1 aromatic rings. The molecule has 0 aliphatic carbocycles. The molecule has 2 aliphatic heterocycles. The number of hydrogen-bond donors (Lipinski definition) is 2. The second kappa shape index (κ2) is 5.00. The molecule has 1 saturated heterocycles. The van der Waals surface area contributed by atoms with Crippen LogP contribution in [0.15, 0.2) is 18.2 Å². The summed E-state index contributed by atoms with van der Waals surface area (Å²) >= 11 is 0. The quantitative estimate of drug-likeness (QED) is 0.838. The van der Waals surface area contributed by atoms with Crippen LogP contribution in [0.1, 0.15) is 11.6 Å². The van der Waals surface area contributed by atoms with Crippen LogP contribution in [-0.2, 0) is 4.74 Å². The fourth-order valence-electron chi connectivity index (χ4n) is 2.83. The Morgan fingerprint density at radius 1 is 1.26 bits per heavy atom. The molecule has 104 valence electrons. The zero-order chi connectivity index (χ0) is 13.3. The van der Waals surface area contributed by atoms with E-state index in [1.807, 2.05) is 19.2 Å². The van der Waals surface area contributed by atoms with Gasteiger partial charge in [0, 0.05) is 18.0 Å². The minimum absolute atomic E-state index is 0.0154. The summed E-state index contributed by atoms with van der Waals surface area (Å²) in [5.41, 5.74) is 7.10. The van der Waals surface area contributed by atoms with Crippen molar-refractivity contribution in [2.45, 2.75) is 6.04 Å². The number of hydrogen-bond acceptors (Lipinski definition) is 5. The number of nitrogens with one attached hydrogen (secondary N) is 1. The number of fused-ring (bicyclic) bond motifs is 1. The van der Waals surface area contributed by atoms with Crippen LogP contribution < -0.4 is 20.5 Å². The summed E-state index contributed by atoms with van der Waals surface area (Å²) in [6.45, 7) is 3.22. The smallest absolute Gasteiger partial charge is 0.161 e. The average Bonchev–Trinajstić information content (AvgIpc) is 2.42. The first-order valence-corrected chi connectivity index (χ1v) is 6.64. The van der Waals surface area contributed by atoms with Gasteiger partial charge in [0.15, 0.2) is 11.5 Å². The third-order valence-corrected chi connectivity index (χ3v) is 3.99. The number of rotatable bonds is 4. The standard InChI is InChI=1S/C14H20N2O3/c1-16-13(14(7-15)8-17-9-14)10-2-3-11-12(6-10)19-5-4-18-11/h2-3,6,13,16H,4-5,7-9,15H2,1H3. The van der Waals surface area contributed by atoms with Gasteiger partial charge in [0.2, 0.25) is 0 Å². The molecule has 1 atom stereocenters. The second-order valence-corrected chi connectivity index (χ2v) is 5.18. The number of ether oxygens (including phenoxy) is 3. The molecule has 3 N–H and O–H groups in total. The maximum Gasteiger partial charge on any atom is 0.161 e. The lowest BCUT2D eigenvalue weighted by Crippen LogP contribution is -2.55. The van der Waals surface area contributed by atoms with Crippen molar-refractivity contribution >= 4 is 0 Å². The fraction of sp³-hybridized carbons (Fsp3) is 0.571. The molecule has 0 aromatic heterocycles. The predicted octanol–water partition coefficient (Wildman–Crippen LogP) is 0.694. The molecule has 0 radical (unpaired) electrons. The van der Waals surface area contributed by atoms with Crippen LogP contribution >= 0.6 is 0 Å². The zero-order valence-corrected chi connectivity index (χ0v) is 11.1. The van der Waals surface area contributed by atoms with Gasteiger partial charge in [-0.1, -0.05) is 6.07 Å². The molecule has 5 heteroatoms. The summed E-state index contributed by atoms with van der Waals surface area (Å²) in [5, 5.41) is 3.36. The monoisotopic (exact) mass is 264 g/mol. The highest BCUT2D eigenvalue weighted by molar-refractivity contribution is 5.45. The molecule has 0 saturated carbocycles. The Bertz CT molecular complexity index is 454. The Morgan fingerprint density at radius 2 is 2.00 bits per heavy atom. The Labute approximate surface area is 113 Å². The van der Waals surface area contributed by atoms with E-state index in [2.05, 4.69) is 11.4 Å². The van der Waals surface area contributed by atoms with Gasteiger partial charge in [-0.3, -0.25) is 0 Å². The van der Waals surface area contributed by atoms with Gasteiger partial charge >= 0.3 is 0 Å². The third kappa shape index (κ3) is 2.08. The molecule has 1 unspecified atom stereocenters. The largest absolute Gasteiger partial charge is 0.486 e. The molecule has 0 amide bonds. The van der Waals surface area contributed by atoms with Gasteiger partial charge in [-0.15, -0.1) is 0 Å². The molecular formula is C14H20N2O3. The molecule has 1 fully saturated rings. The summed E-state index contributed by atoms with van der Waals surface area (Å²) in [6, 6.07) is 6.26. The van der Waals surface area contributed by atoms with Gasteiger partial charge in [-0.05, 0) is 24.7 Å². The van der Waals surface area contributed by atoms with E-state index in [0.29, 0.717) is 33.0 Å². The van der Waals surface area contributed by atoms with Gasteiger partial charge in [-0.2, -0.15) is 0 Å². The summed E-state index contributed by atoms with van der Waals surface area (Å²) in [5.74, 6) is 1.63. The Kier molecular flexibility index (Phi) is 3.35. The molecule has 3 rings (SSSR count). The van der Waals surface area contributed by atoms with Gasteiger partial charge in [0.05, 0.1) is 13.2 Å². The van der Waals surface area contributed by atoms with Crippen molar-refractivity contribution in [2.75, 3.05) is 40.0 Å². The van der Waals surface area contributed by atoms with Gasteiger partial charge in [-0.25, -0.2) is 0 Å². The van der Waals surface area contributed by atoms with E-state index >= 15 is 0 Å². The molecule has 5 nitrogen and oxygen atoms in total. The molecule has 0 bridgehead atoms. The van der Waals surface area contributed by atoms with Crippen molar-refractivity contribution in [1.82, 2.24) is 5.32 Å². The first-order chi connectivity index (χ1) is 9.29. The van der Waals surface area contributed by atoms with Crippen LogP contribution in [0.4, 0.5) is 0 Å². The molecular weight excluding hydrogens is 244 g/mol. The first kappa shape index (κ1) is 12.7. The SMILES string of the molecule is CNC(c1ccc2c(c1)OCCO2)C1(CN)COC1. The van der Waals surface area contributed by atoms with Crippen LogP contribution in [0.5, 0.6) is 11.5 Å². The van der Waals surface area contributed by atoms with Crippen molar-refractivity contribution < 1.29 is 14.2 Å². The molecule has 19 heavy (non-hydrogen) atoms. The molecule has 2 heterocycles.